The Morgan fingerprint density at radius 3 is 2.56 bits per heavy atom. The summed E-state index contributed by atoms with van der Waals surface area (Å²) in [6.45, 7) is 1.65. The molecule has 0 unspecified atom stereocenters. The van der Waals surface area contributed by atoms with Crippen molar-refractivity contribution in [2.24, 2.45) is 5.10 Å². The van der Waals surface area contributed by atoms with Gasteiger partial charge in [-0.2, -0.15) is 5.10 Å². The maximum Gasteiger partial charge on any atom is 0.347 e. The second-order valence-electron chi connectivity index (χ2n) is 6.00. The van der Waals surface area contributed by atoms with E-state index in [1.54, 1.807) is 31.2 Å². The summed E-state index contributed by atoms with van der Waals surface area (Å²) in [5.74, 6) is -0.496. The fraction of sp³-hybridized carbons (Fsp3) is 0.250. The Hall–Kier alpha value is -2.86. The average Bonchev–Trinajstić information content (AvgIpc) is 3.18. The quantitative estimate of drug-likeness (QED) is 0.714. The van der Waals surface area contributed by atoms with E-state index >= 15 is 0 Å². The van der Waals surface area contributed by atoms with Gasteiger partial charge in [0.15, 0.2) is 12.7 Å². The Bertz CT molecular complexity index is 837. The van der Waals surface area contributed by atoms with Crippen molar-refractivity contribution in [3.8, 4) is 5.75 Å². The summed E-state index contributed by atoms with van der Waals surface area (Å²) in [4.78, 5) is 24.3. The van der Waals surface area contributed by atoms with Crippen LogP contribution in [0.4, 0.5) is 0 Å². The lowest BCUT2D eigenvalue weighted by Crippen LogP contribution is -2.32. The monoisotopic (exact) mass is 386 g/mol. The molecule has 1 heterocycles. The molecule has 1 amide bonds. The maximum atomic E-state index is 12.2. The number of hydrazone groups is 1. The molecule has 0 saturated carbocycles. The lowest BCUT2D eigenvalue weighted by atomic mass is 10.1. The molecule has 0 aliphatic carbocycles. The highest BCUT2D eigenvalue weighted by atomic mass is 35.5. The molecule has 0 saturated heterocycles. The molecule has 0 spiro atoms. The molecular weight excluding hydrogens is 368 g/mol. The van der Waals surface area contributed by atoms with Crippen molar-refractivity contribution in [2.45, 2.75) is 19.4 Å². The molecule has 1 aliphatic heterocycles. The molecule has 27 heavy (non-hydrogen) atoms. The van der Waals surface area contributed by atoms with Crippen LogP contribution < -0.4 is 4.74 Å². The van der Waals surface area contributed by atoms with Crippen molar-refractivity contribution < 1.29 is 19.1 Å². The molecule has 1 aliphatic rings. The fourth-order valence-electron chi connectivity index (χ4n) is 2.56. The van der Waals surface area contributed by atoms with Gasteiger partial charge in [-0.3, -0.25) is 4.79 Å². The number of esters is 1. The molecule has 0 bridgehead atoms. The van der Waals surface area contributed by atoms with Gasteiger partial charge in [0.05, 0.1) is 12.3 Å². The number of carbonyl (C=O) groups is 2. The van der Waals surface area contributed by atoms with Gasteiger partial charge in [0.1, 0.15) is 5.75 Å². The molecule has 0 aromatic heterocycles. The third-order valence-corrected chi connectivity index (χ3v) is 4.25. The average molecular weight is 387 g/mol. The standard InChI is InChI=1S/C20H19ClN2O4/c1-14(27-17-9-7-16(21)8-10-17)20(25)26-13-19(24)23-12-11-18(22-23)15-5-3-2-4-6-15/h2-10,14H,11-13H2,1H3/t14-/m1/s1. The first-order chi connectivity index (χ1) is 13.0. The van der Waals surface area contributed by atoms with E-state index in [1.165, 1.54) is 5.01 Å². The van der Waals surface area contributed by atoms with Crippen LogP contribution in [0, 0.1) is 0 Å². The molecule has 0 fully saturated rings. The van der Waals surface area contributed by atoms with Gasteiger partial charge in [0.25, 0.3) is 5.91 Å². The van der Waals surface area contributed by atoms with Gasteiger partial charge in [-0.15, -0.1) is 0 Å². The van der Waals surface area contributed by atoms with Crippen LogP contribution in [-0.2, 0) is 14.3 Å². The van der Waals surface area contributed by atoms with Crippen molar-refractivity contribution in [2.75, 3.05) is 13.2 Å². The molecule has 2 aromatic rings. The minimum Gasteiger partial charge on any atom is -0.479 e. The number of hydrogen-bond acceptors (Lipinski definition) is 5. The number of benzene rings is 2. The first-order valence-electron chi connectivity index (χ1n) is 8.55. The van der Waals surface area contributed by atoms with E-state index in [0.717, 1.165) is 11.3 Å². The Morgan fingerprint density at radius 1 is 1.15 bits per heavy atom. The number of carbonyl (C=O) groups excluding carboxylic acids is 2. The summed E-state index contributed by atoms with van der Waals surface area (Å²) < 4.78 is 10.5. The predicted octanol–water partition coefficient (Wildman–Crippen LogP) is 3.29. The Labute approximate surface area is 162 Å². The number of rotatable bonds is 6. The number of amides is 1. The van der Waals surface area contributed by atoms with Crippen LogP contribution in [0.15, 0.2) is 59.7 Å². The van der Waals surface area contributed by atoms with Crippen LogP contribution in [0.3, 0.4) is 0 Å². The van der Waals surface area contributed by atoms with E-state index in [2.05, 4.69) is 5.10 Å². The zero-order valence-electron chi connectivity index (χ0n) is 14.8. The number of halogens is 1. The van der Waals surface area contributed by atoms with Crippen LogP contribution in [0.25, 0.3) is 0 Å². The summed E-state index contributed by atoms with van der Waals surface area (Å²) in [6.07, 6.45) is -0.180. The van der Waals surface area contributed by atoms with Crippen LogP contribution in [-0.4, -0.2) is 41.9 Å². The zero-order chi connectivity index (χ0) is 19.2. The summed E-state index contributed by atoms with van der Waals surface area (Å²) >= 11 is 5.81. The number of hydrogen-bond donors (Lipinski definition) is 0. The Morgan fingerprint density at radius 2 is 1.85 bits per heavy atom. The lowest BCUT2D eigenvalue weighted by Gasteiger charge is -2.15. The van der Waals surface area contributed by atoms with Gasteiger partial charge >= 0.3 is 5.97 Å². The van der Waals surface area contributed by atoms with Gasteiger partial charge in [-0.1, -0.05) is 41.9 Å². The maximum absolute atomic E-state index is 12.2. The largest absolute Gasteiger partial charge is 0.479 e. The Balaban J connectivity index is 1.49. The SMILES string of the molecule is C[C@@H](Oc1ccc(Cl)cc1)C(=O)OCC(=O)N1CCC(c2ccccc2)=N1. The first kappa shape index (κ1) is 18.9. The van der Waals surface area contributed by atoms with Crippen molar-refractivity contribution in [3.05, 3.63) is 65.2 Å². The van der Waals surface area contributed by atoms with Crippen LogP contribution in [0.5, 0.6) is 5.75 Å². The van der Waals surface area contributed by atoms with Crippen LogP contribution in [0.2, 0.25) is 5.02 Å². The molecule has 1 atom stereocenters. The number of ether oxygens (including phenoxy) is 2. The van der Waals surface area contributed by atoms with E-state index in [9.17, 15) is 9.59 Å². The molecule has 0 N–H and O–H groups in total. The van der Waals surface area contributed by atoms with Crippen molar-refractivity contribution in [3.63, 3.8) is 0 Å². The van der Waals surface area contributed by atoms with E-state index in [4.69, 9.17) is 21.1 Å². The van der Waals surface area contributed by atoms with Gasteiger partial charge in [-0.25, -0.2) is 9.80 Å². The minimum absolute atomic E-state index is 0.368. The number of nitrogens with zero attached hydrogens (tertiary/aromatic N) is 2. The van der Waals surface area contributed by atoms with Crippen molar-refractivity contribution in [1.82, 2.24) is 5.01 Å². The van der Waals surface area contributed by atoms with Gasteiger partial charge < -0.3 is 9.47 Å². The van der Waals surface area contributed by atoms with Gasteiger partial charge in [-0.05, 0) is 36.8 Å². The minimum atomic E-state index is -0.846. The Kier molecular flexibility index (Phi) is 6.08. The molecule has 0 radical (unpaired) electrons. The smallest absolute Gasteiger partial charge is 0.347 e. The van der Waals surface area contributed by atoms with Crippen molar-refractivity contribution in [1.29, 1.82) is 0 Å². The first-order valence-corrected chi connectivity index (χ1v) is 8.93. The van der Waals surface area contributed by atoms with E-state index in [1.807, 2.05) is 30.3 Å². The van der Waals surface area contributed by atoms with Crippen molar-refractivity contribution >= 4 is 29.2 Å². The second-order valence-corrected chi connectivity index (χ2v) is 6.44. The summed E-state index contributed by atoms with van der Waals surface area (Å²) in [7, 11) is 0. The lowest BCUT2D eigenvalue weighted by molar-refractivity contribution is -0.157. The zero-order valence-corrected chi connectivity index (χ0v) is 15.6. The highest BCUT2D eigenvalue weighted by Gasteiger charge is 2.24. The third kappa shape index (κ3) is 5.08. The third-order valence-electron chi connectivity index (χ3n) is 3.99. The molecule has 3 rings (SSSR count). The second kappa shape index (κ2) is 8.68. The molecule has 140 valence electrons. The summed E-state index contributed by atoms with van der Waals surface area (Å²) in [6, 6.07) is 16.3. The summed E-state index contributed by atoms with van der Waals surface area (Å²) in [5.41, 5.74) is 1.82. The topological polar surface area (TPSA) is 68.2 Å². The molecule has 7 heteroatoms. The van der Waals surface area contributed by atoms with Gasteiger partial charge in [0.2, 0.25) is 0 Å². The van der Waals surface area contributed by atoms with E-state index in [-0.39, 0.29) is 12.5 Å². The van der Waals surface area contributed by atoms with Crippen LogP contribution >= 0.6 is 11.6 Å². The van der Waals surface area contributed by atoms with Gasteiger partial charge in [0, 0.05) is 11.4 Å². The van der Waals surface area contributed by atoms with E-state index in [0.29, 0.717) is 23.7 Å². The van der Waals surface area contributed by atoms with Crippen LogP contribution in [0.1, 0.15) is 18.9 Å². The normalized spacial score (nSPS) is 14.4. The highest BCUT2D eigenvalue weighted by molar-refractivity contribution is 6.30. The van der Waals surface area contributed by atoms with E-state index < -0.39 is 12.1 Å². The molecule has 2 aromatic carbocycles. The fourth-order valence-corrected chi connectivity index (χ4v) is 2.69. The molecular formula is C20H19ClN2O4. The molecule has 6 nitrogen and oxygen atoms in total. The summed E-state index contributed by atoms with van der Waals surface area (Å²) in [5, 5.41) is 6.23. The predicted molar refractivity (Wildman–Crippen MR) is 102 cm³/mol. The highest BCUT2D eigenvalue weighted by Crippen LogP contribution is 2.17.